The number of hydrogen-bond donors (Lipinski definition) is 4. The van der Waals surface area contributed by atoms with E-state index in [-0.39, 0.29) is 42.6 Å². The van der Waals surface area contributed by atoms with E-state index in [4.69, 9.17) is 5.73 Å². The number of hydrogen-bond acceptors (Lipinski definition) is 5. The molecule has 0 fully saturated rings. The maximum atomic E-state index is 13.6. The van der Waals surface area contributed by atoms with Crippen LogP contribution in [0.5, 0.6) is 0 Å². The van der Waals surface area contributed by atoms with Crippen LogP contribution >= 0.6 is 0 Å². The smallest absolute Gasteiger partial charge is 0.250 e. The van der Waals surface area contributed by atoms with Gasteiger partial charge in [-0.2, -0.15) is 0 Å². The summed E-state index contributed by atoms with van der Waals surface area (Å²) in [6, 6.07) is 5.39. The van der Waals surface area contributed by atoms with E-state index < -0.39 is 17.5 Å². The average Bonchev–Trinajstić information content (AvgIpc) is 3.16. The fourth-order valence-electron chi connectivity index (χ4n) is 2.92. The summed E-state index contributed by atoms with van der Waals surface area (Å²) in [6.45, 7) is -0.150. The van der Waals surface area contributed by atoms with Gasteiger partial charge in [-0.3, -0.25) is 14.4 Å². The maximum absolute atomic E-state index is 13.6. The number of anilines is 4. The molecule has 8 nitrogen and oxygen atoms in total. The van der Waals surface area contributed by atoms with Gasteiger partial charge in [-0.1, -0.05) is 0 Å². The minimum Gasteiger partial charge on any atom is -0.396 e. The fraction of sp³-hybridized carbons (Fsp3) is 0.211. The molecular formula is C19H18F2N4O4. The standard InChI is InChI=1S/C11H11FN2O3.C8H7FN2O/c1-17-5-11(16)14-9-4-8-6(2-7(9)12)3-10(15)13-8;9-5-1-4-2-8(12)11-7(4)3-6(5)10/h2,4H,3,5H2,1H3,(H,13,15)(H,14,16);1,3H,2,10H2,(H,11,12). The van der Waals surface area contributed by atoms with Gasteiger partial charge < -0.3 is 26.4 Å². The zero-order valence-electron chi connectivity index (χ0n) is 15.4. The van der Waals surface area contributed by atoms with E-state index >= 15 is 0 Å². The molecule has 5 N–H and O–H groups in total. The van der Waals surface area contributed by atoms with Crippen molar-refractivity contribution in [2.45, 2.75) is 12.8 Å². The van der Waals surface area contributed by atoms with Crippen molar-refractivity contribution in [2.75, 3.05) is 35.4 Å². The number of halogens is 2. The van der Waals surface area contributed by atoms with Crippen LogP contribution in [0.3, 0.4) is 0 Å². The van der Waals surface area contributed by atoms with Crippen molar-refractivity contribution < 1.29 is 27.9 Å². The Bertz CT molecular complexity index is 977. The molecule has 2 aliphatic rings. The predicted molar refractivity (Wildman–Crippen MR) is 102 cm³/mol. The molecule has 0 saturated heterocycles. The average molecular weight is 404 g/mol. The van der Waals surface area contributed by atoms with Gasteiger partial charge in [-0.15, -0.1) is 0 Å². The first-order valence-corrected chi connectivity index (χ1v) is 8.55. The van der Waals surface area contributed by atoms with Gasteiger partial charge in [0.2, 0.25) is 17.7 Å². The van der Waals surface area contributed by atoms with E-state index in [9.17, 15) is 23.2 Å². The van der Waals surface area contributed by atoms with Crippen LogP contribution in [-0.4, -0.2) is 31.4 Å². The summed E-state index contributed by atoms with van der Waals surface area (Å²) in [5.74, 6) is -1.78. The highest BCUT2D eigenvalue weighted by Gasteiger charge is 2.21. The number of carbonyl (C=O) groups is 3. The second kappa shape index (κ2) is 8.23. The lowest BCUT2D eigenvalue weighted by Gasteiger charge is -2.08. The van der Waals surface area contributed by atoms with Crippen molar-refractivity contribution in [3.8, 4) is 0 Å². The van der Waals surface area contributed by atoms with Gasteiger partial charge >= 0.3 is 0 Å². The number of ether oxygens (including phenoxy) is 1. The highest BCUT2D eigenvalue weighted by atomic mass is 19.1. The number of fused-ring (bicyclic) bond motifs is 2. The highest BCUT2D eigenvalue weighted by Crippen LogP contribution is 2.29. The van der Waals surface area contributed by atoms with Crippen LogP contribution in [0.15, 0.2) is 24.3 Å². The third-order valence-corrected chi connectivity index (χ3v) is 4.22. The van der Waals surface area contributed by atoms with Gasteiger partial charge in [-0.05, 0) is 35.4 Å². The van der Waals surface area contributed by atoms with E-state index in [1.807, 2.05) is 0 Å². The van der Waals surface area contributed by atoms with Crippen LogP contribution in [0.25, 0.3) is 0 Å². The zero-order chi connectivity index (χ0) is 21.1. The molecule has 0 aromatic heterocycles. The lowest BCUT2D eigenvalue weighted by molar-refractivity contribution is -0.119. The molecule has 152 valence electrons. The summed E-state index contributed by atoms with van der Waals surface area (Å²) in [5.41, 5.74) is 7.84. The van der Waals surface area contributed by atoms with Crippen LogP contribution in [-0.2, 0) is 32.0 Å². The number of methoxy groups -OCH3 is 1. The first kappa shape index (κ1) is 20.2. The Labute approximate surface area is 164 Å². The largest absolute Gasteiger partial charge is 0.396 e. The number of nitrogens with two attached hydrogens (primary N) is 1. The van der Waals surface area contributed by atoms with Crippen molar-refractivity contribution in [1.29, 1.82) is 0 Å². The van der Waals surface area contributed by atoms with Gasteiger partial charge in [0, 0.05) is 18.5 Å². The molecule has 2 aliphatic heterocycles. The van der Waals surface area contributed by atoms with E-state index in [0.29, 0.717) is 22.5 Å². The van der Waals surface area contributed by atoms with E-state index in [2.05, 4.69) is 20.7 Å². The van der Waals surface area contributed by atoms with Crippen molar-refractivity contribution in [2.24, 2.45) is 0 Å². The second-order valence-electron chi connectivity index (χ2n) is 6.45. The number of benzene rings is 2. The highest BCUT2D eigenvalue weighted by molar-refractivity contribution is 6.01. The maximum Gasteiger partial charge on any atom is 0.250 e. The first-order valence-electron chi connectivity index (χ1n) is 8.55. The summed E-state index contributed by atoms with van der Waals surface area (Å²) < 4.78 is 31.0. The molecule has 2 aromatic rings. The van der Waals surface area contributed by atoms with Crippen molar-refractivity contribution >= 4 is 40.5 Å². The number of nitrogens with one attached hydrogen (secondary N) is 3. The third-order valence-electron chi connectivity index (χ3n) is 4.22. The Morgan fingerprint density at radius 1 is 1.03 bits per heavy atom. The van der Waals surface area contributed by atoms with Gasteiger partial charge in [0.25, 0.3) is 0 Å². The molecule has 2 aromatic carbocycles. The molecule has 4 rings (SSSR count). The Kier molecular flexibility index (Phi) is 5.74. The summed E-state index contributed by atoms with van der Waals surface area (Å²) in [7, 11) is 1.37. The first-order chi connectivity index (χ1) is 13.8. The van der Waals surface area contributed by atoms with Crippen LogP contribution in [0.2, 0.25) is 0 Å². The van der Waals surface area contributed by atoms with E-state index in [1.165, 1.54) is 31.4 Å². The molecule has 3 amide bonds. The molecule has 0 radical (unpaired) electrons. The molecule has 0 atom stereocenters. The van der Waals surface area contributed by atoms with Gasteiger partial charge in [-0.25, -0.2) is 8.78 Å². The topological polar surface area (TPSA) is 123 Å². The Morgan fingerprint density at radius 2 is 1.59 bits per heavy atom. The predicted octanol–water partition coefficient (Wildman–Crippen LogP) is 1.81. The Morgan fingerprint density at radius 3 is 2.17 bits per heavy atom. The minimum atomic E-state index is -0.565. The quantitative estimate of drug-likeness (QED) is 0.581. The van der Waals surface area contributed by atoms with E-state index in [1.54, 1.807) is 0 Å². The molecular weight excluding hydrogens is 386 g/mol. The summed E-state index contributed by atoms with van der Waals surface area (Å²) >= 11 is 0. The number of rotatable bonds is 3. The van der Waals surface area contributed by atoms with Crippen LogP contribution in [0, 0.1) is 11.6 Å². The van der Waals surface area contributed by atoms with Gasteiger partial charge in [0.1, 0.15) is 18.2 Å². The van der Waals surface area contributed by atoms with Crippen molar-refractivity contribution in [3.05, 3.63) is 47.0 Å². The summed E-state index contributed by atoms with van der Waals surface area (Å²) in [4.78, 5) is 33.2. The van der Waals surface area contributed by atoms with E-state index in [0.717, 1.165) is 0 Å². The zero-order valence-corrected chi connectivity index (χ0v) is 15.4. The van der Waals surface area contributed by atoms with Gasteiger partial charge in [0.05, 0.1) is 24.2 Å². The molecule has 0 spiro atoms. The summed E-state index contributed by atoms with van der Waals surface area (Å²) in [5, 5.41) is 7.53. The Hall–Kier alpha value is -3.53. The lowest BCUT2D eigenvalue weighted by atomic mass is 10.1. The van der Waals surface area contributed by atoms with Crippen LogP contribution in [0.4, 0.5) is 31.5 Å². The number of carbonyl (C=O) groups excluding carboxylic acids is 3. The molecule has 0 bridgehead atoms. The molecule has 2 heterocycles. The monoisotopic (exact) mass is 404 g/mol. The second-order valence-corrected chi connectivity index (χ2v) is 6.45. The molecule has 29 heavy (non-hydrogen) atoms. The number of amides is 3. The molecule has 0 aliphatic carbocycles. The number of nitrogen functional groups attached to an aromatic ring is 1. The molecule has 10 heteroatoms. The van der Waals surface area contributed by atoms with Crippen LogP contribution in [0.1, 0.15) is 11.1 Å². The Balaban J connectivity index is 0.000000176. The summed E-state index contributed by atoms with van der Waals surface area (Å²) in [6.07, 6.45) is 0.408. The third kappa shape index (κ3) is 4.66. The minimum absolute atomic E-state index is 0.0352. The van der Waals surface area contributed by atoms with Crippen molar-refractivity contribution in [1.82, 2.24) is 0 Å². The SMILES string of the molecule is COCC(=O)Nc1cc2c(cc1F)CC(=O)N2.Nc1cc2c(cc1F)CC(=O)N2. The molecule has 0 saturated carbocycles. The van der Waals surface area contributed by atoms with Crippen molar-refractivity contribution in [3.63, 3.8) is 0 Å². The lowest BCUT2D eigenvalue weighted by Crippen LogP contribution is -2.18. The fourth-order valence-corrected chi connectivity index (χ4v) is 2.92. The van der Waals surface area contributed by atoms with Gasteiger partial charge in [0.15, 0.2) is 0 Å². The molecule has 0 unspecified atom stereocenters. The normalized spacial score (nSPS) is 13.6. The van der Waals surface area contributed by atoms with Crippen LogP contribution < -0.4 is 21.7 Å².